The maximum absolute atomic E-state index is 11.8. The molecule has 0 spiro atoms. The highest BCUT2D eigenvalue weighted by Gasteiger charge is 2.21. The first kappa shape index (κ1) is 11.1. The lowest BCUT2D eigenvalue weighted by molar-refractivity contribution is -0.114. The number of hydrogen-bond donors (Lipinski definition) is 1. The van der Waals surface area contributed by atoms with E-state index in [0.717, 1.165) is 18.4 Å². The Bertz CT molecular complexity index is 468. The summed E-state index contributed by atoms with van der Waals surface area (Å²) in [6.07, 6.45) is 2.24. The van der Waals surface area contributed by atoms with E-state index in [9.17, 15) is 9.59 Å². The number of halogens is 1. The Hall–Kier alpha value is -1.35. The molecular formula is C12H12ClNO2. The summed E-state index contributed by atoms with van der Waals surface area (Å²) in [7, 11) is 0. The van der Waals surface area contributed by atoms with Crippen molar-refractivity contribution in [1.29, 1.82) is 0 Å². The topological polar surface area (TPSA) is 46.2 Å². The summed E-state index contributed by atoms with van der Waals surface area (Å²) in [5.41, 5.74) is 2.11. The van der Waals surface area contributed by atoms with Crippen LogP contribution in [0.2, 0.25) is 5.02 Å². The van der Waals surface area contributed by atoms with Gasteiger partial charge in [-0.1, -0.05) is 11.6 Å². The molecule has 0 aromatic heterocycles. The van der Waals surface area contributed by atoms with Gasteiger partial charge in [-0.3, -0.25) is 9.59 Å². The van der Waals surface area contributed by atoms with Crippen molar-refractivity contribution in [3.63, 3.8) is 0 Å². The van der Waals surface area contributed by atoms with Crippen LogP contribution in [0, 0.1) is 0 Å². The Labute approximate surface area is 98.8 Å². The minimum absolute atomic E-state index is 0.0849. The van der Waals surface area contributed by atoms with Crippen molar-refractivity contribution in [2.24, 2.45) is 0 Å². The lowest BCUT2D eigenvalue weighted by Crippen LogP contribution is -2.16. The van der Waals surface area contributed by atoms with E-state index >= 15 is 0 Å². The highest BCUT2D eigenvalue weighted by Crippen LogP contribution is 2.31. The molecule has 3 nitrogen and oxygen atoms in total. The number of hydrogen-bond acceptors (Lipinski definition) is 2. The molecule has 0 radical (unpaired) electrons. The number of ketones is 1. The van der Waals surface area contributed by atoms with E-state index in [2.05, 4.69) is 5.32 Å². The van der Waals surface area contributed by atoms with Gasteiger partial charge < -0.3 is 5.32 Å². The number of amides is 1. The number of rotatable bonds is 1. The zero-order valence-electron chi connectivity index (χ0n) is 8.97. The van der Waals surface area contributed by atoms with Crippen molar-refractivity contribution < 1.29 is 9.59 Å². The van der Waals surface area contributed by atoms with E-state index in [1.165, 1.54) is 6.92 Å². The van der Waals surface area contributed by atoms with Gasteiger partial charge in [-0.2, -0.15) is 0 Å². The Morgan fingerprint density at radius 2 is 2.12 bits per heavy atom. The van der Waals surface area contributed by atoms with Gasteiger partial charge in [0.2, 0.25) is 5.91 Å². The number of nitrogens with one attached hydrogen (secondary N) is 1. The fraction of sp³-hybridized carbons (Fsp3) is 0.333. The van der Waals surface area contributed by atoms with Crippen molar-refractivity contribution >= 4 is 29.0 Å². The van der Waals surface area contributed by atoms with Crippen LogP contribution in [-0.2, 0) is 11.2 Å². The van der Waals surface area contributed by atoms with Crippen LogP contribution in [-0.4, -0.2) is 11.7 Å². The third-order valence-electron chi connectivity index (χ3n) is 2.62. The summed E-state index contributed by atoms with van der Waals surface area (Å²) in [6.45, 7) is 1.42. The molecule has 1 aliphatic rings. The third-order valence-corrected chi connectivity index (χ3v) is 2.84. The van der Waals surface area contributed by atoms with Crippen LogP contribution in [0.25, 0.3) is 0 Å². The van der Waals surface area contributed by atoms with Crippen molar-refractivity contribution in [2.45, 2.75) is 26.2 Å². The molecule has 1 aromatic rings. The van der Waals surface area contributed by atoms with Gasteiger partial charge in [-0.05, 0) is 30.5 Å². The van der Waals surface area contributed by atoms with Gasteiger partial charge in [0, 0.05) is 23.9 Å². The number of aryl methyl sites for hydroxylation is 1. The lowest BCUT2D eigenvalue weighted by Gasteiger charge is -2.18. The molecule has 1 N–H and O–H groups in total. The van der Waals surface area contributed by atoms with E-state index in [1.807, 2.05) is 0 Å². The first-order valence-electron chi connectivity index (χ1n) is 5.21. The molecule has 0 saturated carbocycles. The zero-order chi connectivity index (χ0) is 11.7. The van der Waals surface area contributed by atoms with Crippen LogP contribution in [0.4, 0.5) is 5.69 Å². The standard InChI is InChI=1S/C12H12ClNO2/c1-7(15)14-10-6-9(13)5-8-3-2-4-11(16)12(8)10/h5-6H,2-4H2,1H3,(H,14,15). The van der Waals surface area contributed by atoms with E-state index < -0.39 is 0 Å². The second kappa shape index (κ2) is 4.26. The SMILES string of the molecule is CC(=O)Nc1cc(Cl)cc2c1C(=O)CCC2. The molecule has 0 fully saturated rings. The van der Waals surface area contributed by atoms with E-state index in [0.29, 0.717) is 22.7 Å². The summed E-state index contributed by atoms with van der Waals surface area (Å²) < 4.78 is 0. The predicted octanol–water partition coefficient (Wildman–Crippen LogP) is 2.82. The second-order valence-corrected chi connectivity index (χ2v) is 4.38. The molecule has 0 heterocycles. The van der Waals surface area contributed by atoms with E-state index in [4.69, 9.17) is 11.6 Å². The van der Waals surface area contributed by atoms with Gasteiger partial charge in [0.05, 0.1) is 5.69 Å². The molecule has 0 atom stereocenters. The fourth-order valence-electron chi connectivity index (χ4n) is 2.04. The average molecular weight is 238 g/mol. The molecule has 0 aliphatic heterocycles. The first-order valence-corrected chi connectivity index (χ1v) is 5.59. The highest BCUT2D eigenvalue weighted by molar-refractivity contribution is 6.31. The van der Waals surface area contributed by atoms with E-state index in [1.54, 1.807) is 12.1 Å². The average Bonchev–Trinajstić information content (AvgIpc) is 2.15. The van der Waals surface area contributed by atoms with Crippen molar-refractivity contribution in [3.8, 4) is 0 Å². The molecular weight excluding hydrogens is 226 g/mol. The predicted molar refractivity (Wildman–Crippen MR) is 63.0 cm³/mol. The Kier molecular flexibility index (Phi) is 2.97. The maximum atomic E-state index is 11.8. The third kappa shape index (κ3) is 2.09. The van der Waals surface area contributed by atoms with Crippen LogP contribution in [0.3, 0.4) is 0 Å². The fourth-order valence-corrected chi connectivity index (χ4v) is 2.28. The number of carbonyl (C=O) groups excluding carboxylic acids is 2. The zero-order valence-corrected chi connectivity index (χ0v) is 9.73. The summed E-state index contributed by atoms with van der Waals surface area (Å²) in [4.78, 5) is 22.9. The van der Waals surface area contributed by atoms with Gasteiger partial charge in [-0.15, -0.1) is 0 Å². The number of carbonyl (C=O) groups is 2. The van der Waals surface area contributed by atoms with Crippen LogP contribution in [0.1, 0.15) is 35.7 Å². The monoisotopic (exact) mass is 237 g/mol. The summed E-state index contributed by atoms with van der Waals surface area (Å²) >= 11 is 5.95. The molecule has 0 unspecified atom stereocenters. The normalized spacial score (nSPS) is 14.5. The molecule has 84 valence electrons. The molecule has 4 heteroatoms. The van der Waals surface area contributed by atoms with Crippen molar-refractivity contribution in [2.75, 3.05) is 5.32 Å². The Morgan fingerprint density at radius 3 is 2.81 bits per heavy atom. The molecule has 1 aromatic carbocycles. The minimum atomic E-state index is -0.192. The summed E-state index contributed by atoms with van der Waals surface area (Å²) in [6, 6.07) is 3.43. The van der Waals surface area contributed by atoms with Gasteiger partial charge in [-0.25, -0.2) is 0 Å². The summed E-state index contributed by atoms with van der Waals surface area (Å²) in [5.74, 6) is -0.107. The molecule has 2 rings (SSSR count). The number of benzene rings is 1. The minimum Gasteiger partial charge on any atom is -0.326 e. The first-order chi connectivity index (χ1) is 7.58. The van der Waals surface area contributed by atoms with Gasteiger partial charge in [0.15, 0.2) is 5.78 Å². The van der Waals surface area contributed by atoms with Gasteiger partial charge in [0.1, 0.15) is 0 Å². The molecule has 16 heavy (non-hydrogen) atoms. The quantitative estimate of drug-likeness (QED) is 0.816. The maximum Gasteiger partial charge on any atom is 0.221 e. The molecule has 1 amide bonds. The molecule has 0 bridgehead atoms. The van der Waals surface area contributed by atoms with Crippen molar-refractivity contribution in [3.05, 3.63) is 28.3 Å². The van der Waals surface area contributed by atoms with Crippen LogP contribution in [0.15, 0.2) is 12.1 Å². The number of fused-ring (bicyclic) bond motifs is 1. The molecule has 0 saturated heterocycles. The Balaban J connectivity index is 2.54. The van der Waals surface area contributed by atoms with Crippen molar-refractivity contribution in [1.82, 2.24) is 0 Å². The van der Waals surface area contributed by atoms with Gasteiger partial charge >= 0.3 is 0 Å². The van der Waals surface area contributed by atoms with Crippen LogP contribution >= 0.6 is 11.6 Å². The van der Waals surface area contributed by atoms with Gasteiger partial charge in [0.25, 0.3) is 0 Å². The Morgan fingerprint density at radius 1 is 1.38 bits per heavy atom. The number of Topliss-reactive ketones (excluding diaryl/α,β-unsaturated/α-hetero) is 1. The van der Waals surface area contributed by atoms with Crippen LogP contribution < -0.4 is 5.32 Å². The second-order valence-electron chi connectivity index (χ2n) is 3.95. The molecule has 1 aliphatic carbocycles. The lowest BCUT2D eigenvalue weighted by atomic mass is 9.89. The smallest absolute Gasteiger partial charge is 0.221 e. The largest absolute Gasteiger partial charge is 0.326 e. The van der Waals surface area contributed by atoms with E-state index in [-0.39, 0.29) is 11.7 Å². The van der Waals surface area contributed by atoms with Crippen LogP contribution in [0.5, 0.6) is 0 Å². The summed E-state index contributed by atoms with van der Waals surface area (Å²) in [5, 5.41) is 3.21. The number of anilines is 1. The highest BCUT2D eigenvalue weighted by atomic mass is 35.5.